The Hall–Kier alpha value is -2.48. The van der Waals surface area contributed by atoms with Crippen molar-refractivity contribution in [1.29, 1.82) is 0 Å². The van der Waals surface area contributed by atoms with Gasteiger partial charge < -0.3 is 5.73 Å². The van der Waals surface area contributed by atoms with Gasteiger partial charge in [0, 0.05) is 5.56 Å². The number of halogens is 2. The van der Waals surface area contributed by atoms with Crippen LogP contribution in [0.2, 0.25) is 0 Å². The molecule has 0 aromatic heterocycles. The molecule has 0 saturated carbocycles. The van der Waals surface area contributed by atoms with Crippen molar-refractivity contribution in [3.63, 3.8) is 0 Å². The van der Waals surface area contributed by atoms with E-state index in [0.29, 0.717) is 0 Å². The Morgan fingerprint density at radius 1 is 1.00 bits per heavy atom. The quantitative estimate of drug-likeness (QED) is 0.903. The first-order valence-corrected chi connectivity index (χ1v) is 7.16. The molecule has 21 heavy (non-hydrogen) atoms. The fourth-order valence-electron chi connectivity index (χ4n) is 1.59. The van der Waals surface area contributed by atoms with Crippen LogP contribution in [-0.2, 0) is 10.0 Å². The van der Waals surface area contributed by atoms with E-state index >= 15 is 0 Å². The fraction of sp³-hybridized carbons (Fsp3) is 0. The van der Waals surface area contributed by atoms with Gasteiger partial charge >= 0.3 is 0 Å². The second kappa shape index (κ2) is 5.49. The SMILES string of the molecule is NC(=O)c1ccc(S(=O)(=O)Nc2c(F)cccc2F)cc1. The second-order valence-electron chi connectivity index (χ2n) is 4.09. The van der Waals surface area contributed by atoms with Gasteiger partial charge in [0.1, 0.15) is 17.3 Å². The highest BCUT2D eigenvalue weighted by Gasteiger charge is 2.19. The summed E-state index contributed by atoms with van der Waals surface area (Å²) in [6, 6.07) is 7.60. The minimum absolute atomic E-state index is 0.117. The first-order chi connectivity index (χ1) is 9.81. The summed E-state index contributed by atoms with van der Waals surface area (Å²) in [6.07, 6.45) is 0. The largest absolute Gasteiger partial charge is 0.366 e. The predicted octanol–water partition coefficient (Wildman–Crippen LogP) is 1.86. The van der Waals surface area contributed by atoms with Gasteiger partial charge in [0.05, 0.1) is 4.90 Å². The normalized spacial score (nSPS) is 11.1. The summed E-state index contributed by atoms with van der Waals surface area (Å²) in [6.45, 7) is 0. The molecular weight excluding hydrogens is 302 g/mol. The fourth-order valence-corrected chi connectivity index (χ4v) is 2.66. The molecule has 0 aliphatic heterocycles. The van der Waals surface area contributed by atoms with Crippen molar-refractivity contribution in [3.05, 3.63) is 59.7 Å². The van der Waals surface area contributed by atoms with Crippen molar-refractivity contribution in [2.24, 2.45) is 5.73 Å². The van der Waals surface area contributed by atoms with E-state index in [9.17, 15) is 22.0 Å². The molecule has 8 heteroatoms. The van der Waals surface area contributed by atoms with E-state index in [2.05, 4.69) is 0 Å². The van der Waals surface area contributed by atoms with Crippen LogP contribution in [-0.4, -0.2) is 14.3 Å². The molecule has 3 N–H and O–H groups in total. The summed E-state index contributed by atoms with van der Waals surface area (Å²) in [5.74, 6) is -2.79. The molecule has 0 fully saturated rings. The van der Waals surface area contributed by atoms with Crippen LogP contribution < -0.4 is 10.5 Å². The molecule has 110 valence electrons. The summed E-state index contributed by atoms with van der Waals surface area (Å²) < 4.78 is 52.8. The molecule has 0 bridgehead atoms. The molecule has 2 rings (SSSR count). The zero-order valence-corrected chi connectivity index (χ0v) is 11.3. The number of nitrogens with two attached hydrogens (primary N) is 1. The number of anilines is 1. The van der Waals surface area contributed by atoms with Gasteiger partial charge in [0.2, 0.25) is 5.91 Å². The summed E-state index contributed by atoms with van der Waals surface area (Å²) in [5, 5.41) is 0. The van der Waals surface area contributed by atoms with Gasteiger partial charge in [-0.25, -0.2) is 17.2 Å². The van der Waals surface area contributed by atoms with Gasteiger partial charge in [-0.2, -0.15) is 0 Å². The van der Waals surface area contributed by atoms with Gasteiger partial charge in [-0.1, -0.05) is 6.07 Å². The molecule has 0 aliphatic rings. The molecule has 0 heterocycles. The van der Waals surface area contributed by atoms with Crippen LogP contribution in [0.4, 0.5) is 14.5 Å². The monoisotopic (exact) mass is 312 g/mol. The summed E-state index contributed by atoms with van der Waals surface area (Å²) in [4.78, 5) is 10.6. The topological polar surface area (TPSA) is 89.3 Å². The Labute approximate surface area is 119 Å². The number of amides is 1. The van der Waals surface area contributed by atoms with Crippen LogP contribution in [0.25, 0.3) is 0 Å². The smallest absolute Gasteiger partial charge is 0.262 e. The van der Waals surface area contributed by atoms with E-state index in [1.165, 1.54) is 12.1 Å². The molecule has 0 saturated heterocycles. The van der Waals surface area contributed by atoms with E-state index in [4.69, 9.17) is 5.73 Å². The molecule has 0 spiro atoms. The Balaban J connectivity index is 2.36. The maximum absolute atomic E-state index is 13.4. The Bertz CT molecular complexity index is 769. The van der Waals surface area contributed by atoms with E-state index in [-0.39, 0.29) is 10.5 Å². The van der Waals surface area contributed by atoms with Crippen molar-refractivity contribution in [3.8, 4) is 0 Å². The lowest BCUT2D eigenvalue weighted by Gasteiger charge is -2.10. The number of sulfonamides is 1. The zero-order chi connectivity index (χ0) is 15.6. The van der Waals surface area contributed by atoms with E-state index in [0.717, 1.165) is 30.3 Å². The lowest BCUT2D eigenvalue weighted by atomic mass is 10.2. The highest BCUT2D eigenvalue weighted by atomic mass is 32.2. The van der Waals surface area contributed by atoms with Crippen LogP contribution in [0.3, 0.4) is 0 Å². The molecule has 2 aromatic carbocycles. The van der Waals surface area contributed by atoms with Gasteiger partial charge in [0.15, 0.2) is 0 Å². The number of nitrogens with one attached hydrogen (secondary N) is 1. The van der Waals surface area contributed by atoms with Crippen LogP contribution in [0.1, 0.15) is 10.4 Å². The van der Waals surface area contributed by atoms with Gasteiger partial charge in [-0.15, -0.1) is 0 Å². The Morgan fingerprint density at radius 3 is 2.00 bits per heavy atom. The van der Waals surface area contributed by atoms with Crippen molar-refractivity contribution in [2.75, 3.05) is 4.72 Å². The number of benzene rings is 2. The number of rotatable bonds is 4. The standard InChI is InChI=1S/C13H10F2N2O3S/c14-10-2-1-3-11(15)12(10)17-21(19,20)9-6-4-8(5-7-9)13(16)18/h1-7,17H,(H2,16,18). The highest BCUT2D eigenvalue weighted by molar-refractivity contribution is 7.92. The minimum atomic E-state index is -4.18. The average Bonchev–Trinajstić information content (AvgIpc) is 2.43. The number of primary amides is 1. The first kappa shape index (κ1) is 14.9. The van der Waals surface area contributed by atoms with Crippen molar-refractivity contribution < 1.29 is 22.0 Å². The molecule has 0 unspecified atom stereocenters. The third-order valence-corrected chi connectivity index (χ3v) is 4.01. The first-order valence-electron chi connectivity index (χ1n) is 5.68. The number of carbonyl (C=O) groups is 1. The van der Waals surface area contributed by atoms with Crippen molar-refractivity contribution in [2.45, 2.75) is 4.90 Å². The van der Waals surface area contributed by atoms with Gasteiger partial charge in [-0.05, 0) is 36.4 Å². The lowest BCUT2D eigenvalue weighted by molar-refractivity contribution is 0.1000. The van der Waals surface area contributed by atoms with E-state index < -0.39 is 33.3 Å². The summed E-state index contributed by atoms with van der Waals surface area (Å²) >= 11 is 0. The maximum Gasteiger partial charge on any atom is 0.262 e. The molecule has 0 radical (unpaired) electrons. The van der Waals surface area contributed by atoms with Gasteiger partial charge in [-0.3, -0.25) is 9.52 Å². The van der Waals surface area contributed by atoms with Crippen LogP contribution in [0.15, 0.2) is 47.4 Å². The summed E-state index contributed by atoms with van der Waals surface area (Å²) in [7, 11) is -4.18. The second-order valence-corrected chi connectivity index (χ2v) is 5.77. The van der Waals surface area contributed by atoms with Crippen molar-refractivity contribution >= 4 is 21.6 Å². The third kappa shape index (κ3) is 3.16. The molecular formula is C13H10F2N2O3S. The lowest BCUT2D eigenvalue weighted by Crippen LogP contribution is -2.16. The van der Waals surface area contributed by atoms with Gasteiger partial charge in [0.25, 0.3) is 10.0 Å². The van der Waals surface area contributed by atoms with Crippen LogP contribution >= 0.6 is 0 Å². The predicted molar refractivity (Wildman–Crippen MR) is 72.1 cm³/mol. The number of para-hydroxylation sites is 1. The third-order valence-electron chi connectivity index (χ3n) is 2.65. The number of hydrogen-bond acceptors (Lipinski definition) is 3. The summed E-state index contributed by atoms with van der Waals surface area (Å²) in [5.41, 5.74) is 4.38. The number of carbonyl (C=O) groups excluding carboxylic acids is 1. The maximum atomic E-state index is 13.4. The minimum Gasteiger partial charge on any atom is -0.366 e. The molecule has 5 nitrogen and oxygen atoms in total. The van der Waals surface area contributed by atoms with Crippen LogP contribution in [0.5, 0.6) is 0 Å². The molecule has 2 aromatic rings. The molecule has 1 amide bonds. The Morgan fingerprint density at radius 2 is 1.52 bits per heavy atom. The number of hydrogen-bond donors (Lipinski definition) is 2. The van der Waals surface area contributed by atoms with E-state index in [1.54, 1.807) is 0 Å². The zero-order valence-electron chi connectivity index (χ0n) is 10.5. The Kier molecular flexibility index (Phi) is 3.90. The molecule has 0 atom stereocenters. The van der Waals surface area contributed by atoms with Crippen molar-refractivity contribution in [1.82, 2.24) is 0 Å². The van der Waals surface area contributed by atoms with Crippen LogP contribution in [0, 0.1) is 11.6 Å². The van der Waals surface area contributed by atoms with E-state index in [1.807, 2.05) is 4.72 Å². The average molecular weight is 312 g/mol. The molecule has 0 aliphatic carbocycles. The highest BCUT2D eigenvalue weighted by Crippen LogP contribution is 2.22.